The number of hydrogen-bond donors (Lipinski definition) is 2. The molecule has 106 valence electrons. The molecule has 4 nitrogen and oxygen atoms in total. The number of nitrogens with one attached hydrogen (secondary N) is 1. The van der Waals surface area contributed by atoms with E-state index < -0.39 is 6.61 Å². The number of hydrogen-bond acceptors (Lipinski definition) is 4. The SMILES string of the molecule is COc1cccc(CNC2CC(O)C2)c1OC(F)F. The second-order valence-corrected chi connectivity index (χ2v) is 4.53. The monoisotopic (exact) mass is 273 g/mol. The van der Waals surface area contributed by atoms with Crippen LogP contribution in [0.1, 0.15) is 18.4 Å². The lowest BCUT2D eigenvalue weighted by molar-refractivity contribution is -0.0519. The number of halogens is 2. The molecular weight excluding hydrogens is 256 g/mol. The number of ether oxygens (including phenoxy) is 2. The zero-order chi connectivity index (χ0) is 13.8. The number of aliphatic hydroxyl groups is 1. The molecule has 6 heteroatoms. The summed E-state index contributed by atoms with van der Waals surface area (Å²) in [5, 5.41) is 12.4. The van der Waals surface area contributed by atoms with Gasteiger partial charge in [0.15, 0.2) is 11.5 Å². The van der Waals surface area contributed by atoms with Gasteiger partial charge in [-0.3, -0.25) is 0 Å². The van der Waals surface area contributed by atoms with Crippen LogP contribution in [-0.4, -0.2) is 31.0 Å². The number of methoxy groups -OCH3 is 1. The summed E-state index contributed by atoms with van der Waals surface area (Å²) in [7, 11) is 1.41. The van der Waals surface area contributed by atoms with Gasteiger partial charge in [-0.2, -0.15) is 8.78 Å². The van der Waals surface area contributed by atoms with Crippen molar-refractivity contribution in [1.29, 1.82) is 0 Å². The van der Waals surface area contributed by atoms with E-state index >= 15 is 0 Å². The number of rotatable bonds is 6. The molecule has 0 unspecified atom stereocenters. The Morgan fingerprint density at radius 1 is 1.42 bits per heavy atom. The minimum atomic E-state index is -2.89. The van der Waals surface area contributed by atoms with Crippen LogP contribution >= 0.6 is 0 Å². The van der Waals surface area contributed by atoms with Crippen LogP contribution < -0.4 is 14.8 Å². The van der Waals surface area contributed by atoms with E-state index in [-0.39, 0.29) is 23.6 Å². The maximum Gasteiger partial charge on any atom is 0.387 e. The molecule has 1 aromatic rings. The lowest BCUT2D eigenvalue weighted by Gasteiger charge is -2.32. The van der Waals surface area contributed by atoms with Crippen LogP contribution in [0.25, 0.3) is 0 Å². The van der Waals surface area contributed by atoms with Crippen molar-refractivity contribution in [1.82, 2.24) is 5.32 Å². The Kier molecular flexibility index (Phi) is 4.55. The highest BCUT2D eigenvalue weighted by molar-refractivity contribution is 5.46. The summed E-state index contributed by atoms with van der Waals surface area (Å²) in [6, 6.07) is 5.24. The Hall–Kier alpha value is -1.40. The van der Waals surface area contributed by atoms with Gasteiger partial charge in [0.25, 0.3) is 0 Å². The minimum absolute atomic E-state index is 0.0624. The number of benzene rings is 1. The lowest BCUT2D eigenvalue weighted by atomic mass is 9.89. The van der Waals surface area contributed by atoms with Crippen LogP contribution in [0.5, 0.6) is 11.5 Å². The molecule has 0 atom stereocenters. The molecule has 0 aliphatic heterocycles. The minimum Gasteiger partial charge on any atom is -0.493 e. The predicted molar refractivity (Wildman–Crippen MR) is 65.5 cm³/mol. The Morgan fingerprint density at radius 3 is 2.74 bits per heavy atom. The molecule has 0 spiro atoms. The van der Waals surface area contributed by atoms with Crippen molar-refractivity contribution < 1.29 is 23.4 Å². The van der Waals surface area contributed by atoms with Gasteiger partial charge in [0.1, 0.15) is 0 Å². The second kappa shape index (κ2) is 6.16. The van der Waals surface area contributed by atoms with Gasteiger partial charge in [-0.25, -0.2) is 0 Å². The van der Waals surface area contributed by atoms with E-state index in [9.17, 15) is 13.9 Å². The van der Waals surface area contributed by atoms with Crippen molar-refractivity contribution in [3.05, 3.63) is 23.8 Å². The summed E-state index contributed by atoms with van der Waals surface area (Å²) in [6.07, 6.45) is 1.13. The fourth-order valence-corrected chi connectivity index (χ4v) is 2.09. The summed E-state index contributed by atoms with van der Waals surface area (Å²) in [6.45, 7) is -2.49. The molecule has 2 rings (SSSR count). The molecule has 1 aliphatic rings. The molecule has 0 bridgehead atoms. The first-order valence-electron chi connectivity index (χ1n) is 6.12. The Labute approximate surface area is 110 Å². The van der Waals surface area contributed by atoms with Gasteiger partial charge in [0, 0.05) is 18.2 Å². The second-order valence-electron chi connectivity index (χ2n) is 4.53. The Bertz CT molecular complexity index is 422. The fraction of sp³-hybridized carbons (Fsp3) is 0.538. The van der Waals surface area contributed by atoms with Crippen LogP contribution in [0, 0.1) is 0 Å². The van der Waals surface area contributed by atoms with Gasteiger partial charge < -0.3 is 19.9 Å². The largest absolute Gasteiger partial charge is 0.493 e. The molecule has 2 N–H and O–H groups in total. The van der Waals surface area contributed by atoms with Crippen molar-refractivity contribution in [2.24, 2.45) is 0 Å². The van der Waals surface area contributed by atoms with Crippen LogP contribution in [-0.2, 0) is 6.54 Å². The summed E-state index contributed by atoms with van der Waals surface area (Å²) < 4.78 is 34.4. The van der Waals surface area contributed by atoms with Gasteiger partial charge >= 0.3 is 6.61 Å². The molecule has 0 amide bonds. The van der Waals surface area contributed by atoms with Gasteiger partial charge in [-0.05, 0) is 18.9 Å². The van der Waals surface area contributed by atoms with Crippen molar-refractivity contribution >= 4 is 0 Å². The van der Waals surface area contributed by atoms with E-state index in [1.165, 1.54) is 7.11 Å². The molecule has 0 radical (unpaired) electrons. The van der Waals surface area contributed by atoms with E-state index in [1.54, 1.807) is 18.2 Å². The summed E-state index contributed by atoms with van der Waals surface area (Å²) in [5.74, 6) is 0.348. The first-order valence-corrected chi connectivity index (χ1v) is 6.12. The zero-order valence-corrected chi connectivity index (χ0v) is 10.6. The molecule has 1 aliphatic carbocycles. The van der Waals surface area contributed by atoms with Crippen molar-refractivity contribution in [2.75, 3.05) is 7.11 Å². The summed E-state index contributed by atoms with van der Waals surface area (Å²) in [5.41, 5.74) is 0.612. The third kappa shape index (κ3) is 3.54. The Balaban J connectivity index is 2.05. The molecular formula is C13H17F2NO3. The number of aliphatic hydroxyl groups excluding tert-OH is 1. The van der Waals surface area contributed by atoms with E-state index in [0.29, 0.717) is 24.9 Å². The van der Waals surface area contributed by atoms with E-state index in [0.717, 1.165) is 0 Å². The maximum absolute atomic E-state index is 12.4. The highest BCUT2D eigenvalue weighted by Gasteiger charge is 2.27. The van der Waals surface area contributed by atoms with E-state index in [2.05, 4.69) is 10.1 Å². The van der Waals surface area contributed by atoms with Gasteiger partial charge in [0.05, 0.1) is 13.2 Å². The predicted octanol–water partition coefficient (Wildman–Crippen LogP) is 1.91. The van der Waals surface area contributed by atoms with Gasteiger partial charge in [-0.1, -0.05) is 12.1 Å². The van der Waals surface area contributed by atoms with Crippen LogP contribution in [0.4, 0.5) is 8.78 Å². The Morgan fingerprint density at radius 2 is 2.16 bits per heavy atom. The van der Waals surface area contributed by atoms with Crippen LogP contribution in [0.2, 0.25) is 0 Å². The molecule has 0 aromatic heterocycles. The molecule has 0 saturated heterocycles. The normalized spacial score (nSPS) is 22.2. The van der Waals surface area contributed by atoms with Crippen LogP contribution in [0.15, 0.2) is 18.2 Å². The van der Waals surface area contributed by atoms with Crippen molar-refractivity contribution in [3.63, 3.8) is 0 Å². The first kappa shape index (κ1) is 14.0. The fourth-order valence-electron chi connectivity index (χ4n) is 2.09. The lowest BCUT2D eigenvalue weighted by Crippen LogP contribution is -2.43. The highest BCUT2D eigenvalue weighted by Crippen LogP contribution is 2.32. The molecule has 0 heterocycles. The smallest absolute Gasteiger partial charge is 0.387 e. The molecule has 19 heavy (non-hydrogen) atoms. The maximum atomic E-state index is 12.4. The summed E-state index contributed by atoms with van der Waals surface area (Å²) in [4.78, 5) is 0. The highest BCUT2D eigenvalue weighted by atomic mass is 19.3. The number of para-hydroxylation sites is 1. The van der Waals surface area contributed by atoms with Gasteiger partial charge in [0.2, 0.25) is 0 Å². The van der Waals surface area contributed by atoms with E-state index in [4.69, 9.17) is 4.74 Å². The average Bonchev–Trinajstić information content (AvgIpc) is 2.34. The summed E-state index contributed by atoms with van der Waals surface area (Å²) >= 11 is 0. The van der Waals surface area contributed by atoms with Gasteiger partial charge in [-0.15, -0.1) is 0 Å². The van der Waals surface area contributed by atoms with Crippen molar-refractivity contribution in [2.45, 2.75) is 38.1 Å². The zero-order valence-electron chi connectivity index (χ0n) is 10.6. The van der Waals surface area contributed by atoms with E-state index in [1.807, 2.05) is 0 Å². The van der Waals surface area contributed by atoms with Crippen LogP contribution in [0.3, 0.4) is 0 Å². The standard InChI is InChI=1S/C13H17F2NO3/c1-18-11-4-2-3-8(12(11)19-13(14)15)7-16-9-5-10(17)6-9/h2-4,9-10,13,16-17H,5-7H2,1H3. The first-order chi connectivity index (χ1) is 9.10. The third-order valence-corrected chi connectivity index (χ3v) is 3.18. The topological polar surface area (TPSA) is 50.7 Å². The quantitative estimate of drug-likeness (QED) is 0.831. The average molecular weight is 273 g/mol. The number of alkyl halides is 2. The molecule has 1 saturated carbocycles. The molecule has 1 fully saturated rings. The molecule has 1 aromatic carbocycles. The third-order valence-electron chi connectivity index (χ3n) is 3.18. The van der Waals surface area contributed by atoms with Crippen molar-refractivity contribution in [3.8, 4) is 11.5 Å².